The van der Waals surface area contributed by atoms with E-state index in [0.717, 1.165) is 41.6 Å². The third kappa shape index (κ3) is 4.84. The molecule has 2 aromatic heterocycles. The maximum atomic E-state index is 15.1. The summed E-state index contributed by atoms with van der Waals surface area (Å²) in [6.45, 7) is 0.783. The summed E-state index contributed by atoms with van der Waals surface area (Å²) in [6.07, 6.45) is -0.169. The van der Waals surface area contributed by atoms with Gasteiger partial charge in [-0.1, -0.05) is 0 Å². The molecule has 3 heterocycles. The summed E-state index contributed by atoms with van der Waals surface area (Å²) in [5, 5.41) is 11.1. The Balaban J connectivity index is 1.33. The van der Waals surface area contributed by atoms with E-state index in [-0.39, 0.29) is 29.0 Å². The minimum absolute atomic E-state index is 0.118. The van der Waals surface area contributed by atoms with E-state index in [1.54, 1.807) is 4.90 Å². The van der Waals surface area contributed by atoms with E-state index < -0.39 is 12.5 Å². The Morgan fingerprint density at radius 2 is 1.86 bits per heavy atom. The number of aryl methyl sites for hydroxylation is 1. The molecule has 1 atom stereocenters. The Hall–Kier alpha value is -3.14. The average molecular weight is 491 g/mol. The Kier molecular flexibility index (Phi) is 6.16. The summed E-state index contributed by atoms with van der Waals surface area (Å²) in [7, 11) is 0. The van der Waals surface area contributed by atoms with E-state index >= 15 is 4.39 Å². The molecule has 0 saturated carbocycles. The van der Waals surface area contributed by atoms with Crippen LogP contribution in [0.1, 0.15) is 58.8 Å². The van der Waals surface area contributed by atoms with Crippen molar-refractivity contribution in [2.24, 2.45) is 0 Å². The van der Waals surface area contributed by atoms with Gasteiger partial charge in [-0.05, 0) is 67.9 Å². The maximum absolute atomic E-state index is 15.1. The predicted molar refractivity (Wildman–Crippen MR) is 120 cm³/mol. The van der Waals surface area contributed by atoms with Gasteiger partial charge in [-0.2, -0.15) is 0 Å². The highest BCUT2D eigenvalue weighted by Crippen LogP contribution is 2.39. The van der Waals surface area contributed by atoms with Gasteiger partial charge in [0.1, 0.15) is 17.2 Å². The number of piperidine rings is 1. The molecule has 0 unspecified atom stereocenters. The first-order valence-electron chi connectivity index (χ1n) is 11.7. The van der Waals surface area contributed by atoms with Crippen LogP contribution in [0, 0.1) is 5.82 Å². The van der Waals surface area contributed by atoms with Gasteiger partial charge < -0.3 is 19.7 Å². The van der Waals surface area contributed by atoms with Gasteiger partial charge in [0.15, 0.2) is 0 Å². The lowest BCUT2D eigenvalue weighted by molar-refractivity contribution is -0.274. The number of aromatic amines is 1. The number of halogens is 4. The van der Waals surface area contributed by atoms with Crippen molar-refractivity contribution in [2.75, 3.05) is 13.1 Å². The van der Waals surface area contributed by atoms with Crippen LogP contribution in [0.25, 0.3) is 11.0 Å². The van der Waals surface area contributed by atoms with Gasteiger partial charge in [0.05, 0.1) is 12.3 Å². The zero-order chi connectivity index (χ0) is 24.7. The summed E-state index contributed by atoms with van der Waals surface area (Å²) in [4.78, 5) is 22.1. The second kappa shape index (κ2) is 9.14. The van der Waals surface area contributed by atoms with Gasteiger partial charge in [-0.25, -0.2) is 9.37 Å². The first-order chi connectivity index (χ1) is 16.7. The first kappa shape index (κ1) is 23.6. The van der Waals surface area contributed by atoms with Crippen molar-refractivity contribution in [3.63, 3.8) is 0 Å². The summed E-state index contributed by atoms with van der Waals surface area (Å²) in [6, 6.07) is 4.84. The van der Waals surface area contributed by atoms with Crippen LogP contribution < -0.4 is 4.74 Å². The van der Waals surface area contributed by atoms with Gasteiger partial charge in [0.25, 0.3) is 5.91 Å². The first-order valence-corrected chi connectivity index (χ1v) is 11.7. The van der Waals surface area contributed by atoms with Crippen LogP contribution >= 0.6 is 0 Å². The molecular weight excluding hydrogens is 466 g/mol. The molecule has 1 amide bonds. The maximum Gasteiger partial charge on any atom is 0.573 e. The number of ether oxygens (including phenoxy) is 1. The van der Waals surface area contributed by atoms with Crippen molar-refractivity contribution >= 4 is 16.9 Å². The number of carbonyl (C=O) groups excluding carboxylic acids is 1. The molecule has 186 valence electrons. The number of aliphatic hydroxyl groups excluding tert-OH is 1. The van der Waals surface area contributed by atoms with E-state index in [4.69, 9.17) is 0 Å². The molecule has 1 aliphatic carbocycles. The van der Waals surface area contributed by atoms with Crippen LogP contribution in [-0.2, 0) is 12.8 Å². The zero-order valence-corrected chi connectivity index (χ0v) is 18.9. The quantitative estimate of drug-likeness (QED) is 0.405. The van der Waals surface area contributed by atoms with Crippen LogP contribution in [-0.4, -0.2) is 51.4 Å². The van der Waals surface area contributed by atoms with E-state index in [9.17, 15) is 23.1 Å². The standard InChI is InChI=1S/C25H25F4N3O3/c26-19-13-30-23-22(18-12-16(33)2-1-3-20(18)31-23)21(19)14-8-10-32(11-9-14)24(34)15-4-6-17(7-5-15)35-25(27,28)29/h4-7,13-14,16,33H,1-3,8-12H2,(H,30,31)/t16-/m0/s1. The Bertz CT molecular complexity index is 1230. The van der Waals surface area contributed by atoms with Crippen LogP contribution in [0.5, 0.6) is 5.75 Å². The van der Waals surface area contributed by atoms with Crippen LogP contribution in [0.3, 0.4) is 0 Å². The molecule has 0 radical (unpaired) electrons. The molecule has 5 rings (SSSR count). The van der Waals surface area contributed by atoms with Crippen molar-refractivity contribution < 1.29 is 32.2 Å². The minimum atomic E-state index is -4.79. The number of rotatable bonds is 3. The number of amides is 1. The summed E-state index contributed by atoms with van der Waals surface area (Å²) in [5.74, 6) is -1.18. The molecule has 35 heavy (non-hydrogen) atoms. The fourth-order valence-electron chi connectivity index (χ4n) is 5.31. The molecule has 1 aliphatic heterocycles. The topological polar surface area (TPSA) is 78.5 Å². The Morgan fingerprint density at radius 1 is 1.14 bits per heavy atom. The number of hydrogen-bond donors (Lipinski definition) is 2. The number of benzene rings is 1. The number of aromatic nitrogens is 2. The van der Waals surface area contributed by atoms with Crippen molar-refractivity contribution in [3.05, 3.63) is 58.7 Å². The third-order valence-corrected chi connectivity index (χ3v) is 6.93. The molecule has 1 aromatic carbocycles. The molecule has 1 saturated heterocycles. The third-order valence-electron chi connectivity index (χ3n) is 6.93. The molecule has 10 heteroatoms. The summed E-state index contributed by atoms with van der Waals surface area (Å²) >= 11 is 0. The largest absolute Gasteiger partial charge is 0.573 e. The van der Waals surface area contributed by atoms with Gasteiger partial charge in [0.2, 0.25) is 0 Å². The van der Waals surface area contributed by atoms with Gasteiger partial charge in [0, 0.05) is 41.7 Å². The van der Waals surface area contributed by atoms with Crippen molar-refractivity contribution in [2.45, 2.75) is 56.9 Å². The number of alkyl halides is 3. The SMILES string of the molecule is O=C(c1ccc(OC(F)(F)F)cc1)N1CCC(c2c(F)cnc3[nH]c4c(c23)C[C@@H](O)CCC4)CC1. The lowest BCUT2D eigenvalue weighted by atomic mass is 9.86. The number of H-pyrrole nitrogens is 1. The van der Waals surface area contributed by atoms with Gasteiger partial charge in [-0.3, -0.25) is 4.79 Å². The number of nitrogens with one attached hydrogen (secondary N) is 1. The van der Waals surface area contributed by atoms with E-state index in [1.165, 1.54) is 18.3 Å². The van der Waals surface area contributed by atoms with Crippen LogP contribution in [0.15, 0.2) is 30.5 Å². The van der Waals surface area contributed by atoms with Crippen molar-refractivity contribution in [3.8, 4) is 5.75 Å². The Labute approximate surface area is 198 Å². The predicted octanol–water partition coefficient (Wildman–Crippen LogP) is 4.86. The second-order valence-electron chi connectivity index (χ2n) is 9.21. The molecule has 3 aromatic rings. The number of nitrogens with zero attached hydrogens (tertiary/aromatic N) is 2. The van der Waals surface area contributed by atoms with Gasteiger partial charge >= 0.3 is 6.36 Å². The number of fused-ring (bicyclic) bond motifs is 3. The average Bonchev–Trinajstić information content (AvgIpc) is 3.04. The smallest absolute Gasteiger partial charge is 0.406 e. The summed E-state index contributed by atoms with van der Waals surface area (Å²) < 4.78 is 56.1. The lowest BCUT2D eigenvalue weighted by Gasteiger charge is -2.33. The van der Waals surface area contributed by atoms with Crippen molar-refractivity contribution in [1.29, 1.82) is 0 Å². The highest BCUT2D eigenvalue weighted by molar-refractivity contribution is 5.94. The Morgan fingerprint density at radius 3 is 2.54 bits per heavy atom. The number of carbonyl (C=O) groups is 1. The fourth-order valence-corrected chi connectivity index (χ4v) is 5.31. The molecule has 2 N–H and O–H groups in total. The van der Waals surface area contributed by atoms with E-state index in [2.05, 4.69) is 14.7 Å². The minimum Gasteiger partial charge on any atom is -0.406 e. The van der Waals surface area contributed by atoms with Crippen LogP contribution in [0.4, 0.5) is 17.6 Å². The number of aliphatic hydroxyl groups is 1. The monoisotopic (exact) mass is 491 g/mol. The normalized spacial score (nSPS) is 19.5. The van der Waals surface area contributed by atoms with Gasteiger partial charge in [-0.15, -0.1) is 13.2 Å². The molecular formula is C25H25F4N3O3. The lowest BCUT2D eigenvalue weighted by Crippen LogP contribution is -2.38. The zero-order valence-electron chi connectivity index (χ0n) is 18.9. The second-order valence-corrected chi connectivity index (χ2v) is 9.21. The molecule has 6 nitrogen and oxygen atoms in total. The number of pyridine rings is 1. The number of likely N-dealkylation sites (tertiary alicyclic amines) is 1. The highest BCUT2D eigenvalue weighted by atomic mass is 19.4. The molecule has 0 bridgehead atoms. The molecule has 2 aliphatic rings. The van der Waals surface area contributed by atoms with Crippen LogP contribution in [0.2, 0.25) is 0 Å². The highest BCUT2D eigenvalue weighted by Gasteiger charge is 2.32. The van der Waals surface area contributed by atoms with E-state index in [1.807, 2.05) is 0 Å². The number of hydrogen-bond acceptors (Lipinski definition) is 4. The molecule has 1 fully saturated rings. The summed E-state index contributed by atoms with van der Waals surface area (Å²) in [5.41, 5.74) is 3.41. The molecule has 0 spiro atoms. The van der Waals surface area contributed by atoms with Crippen molar-refractivity contribution in [1.82, 2.24) is 14.9 Å². The fraction of sp³-hybridized carbons (Fsp3) is 0.440. The van der Waals surface area contributed by atoms with E-state index in [0.29, 0.717) is 50.0 Å².